The van der Waals surface area contributed by atoms with Crippen molar-refractivity contribution < 1.29 is 24.1 Å². The van der Waals surface area contributed by atoms with E-state index in [-0.39, 0.29) is 24.7 Å². The first kappa shape index (κ1) is 21.0. The number of hydrogen-bond acceptors (Lipinski definition) is 5. The van der Waals surface area contributed by atoms with E-state index in [0.29, 0.717) is 23.7 Å². The van der Waals surface area contributed by atoms with E-state index in [2.05, 4.69) is 5.32 Å². The second-order valence-electron chi connectivity index (χ2n) is 7.30. The van der Waals surface area contributed by atoms with Gasteiger partial charge in [-0.15, -0.1) is 0 Å². The van der Waals surface area contributed by atoms with E-state index in [1.165, 1.54) is 0 Å². The SMILES string of the molecule is COc1cccc(OC2CCC(NC(=O)Cc3ccc(CO)cc3)CC2)c1OC. The van der Waals surface area contributed by atoms with E-state index in [1.54, 1.807) is 14.2 Å². The molecule has 1 aliphatic carbocycles. The van der Waals surface area contributed by atoms with Crippen LogP contribution < -0.4 is 19.5 Å². The molecule has 2 aromatic carbocycles. The van der Waals surface area contributed by atoms with Crippen molar-refractivity contribution >= 4 is 5.91 Å². The number of benzene rings is 2. The van der Waals surface area contributed by atoms with Crippen molar-refractivity contribution in [2.45, 2.75) is 50.9 Å². The van der Waals surface area contributed by atoms with Crippen LogP contribution >= 0.6 is 0 Å². The number of aliphatic hydroxyl groups is 1. The number of hydrogen-bond donors (Lipinski definition) is 2. The van der Waals surface area contributed by atoms with E-state index in [1.807, 2.05) is 42.5 Å². The number of ether oxygens (including phenoxy) is 3. The zero-order chi connectivity index (χ0) is 20.6. The molecule has 0 unspecified atom stereocenters. The molecule has 29 heavy (non-hydrogen) atoms. The van der Waals surface area contributed by atoms with E-state index in [9.17, 15) is 4.79 Å². The third-order valence-electron chi connectivity index (χ3n) is 5.27. The number of rotatable bonds is 8. The third-order valence-corrected chi connectivity index (χ3v) is 5.27. The van der Waals surface area contributed by atoms with Crippen LogP contribution in [0.1, 0.15) is 36.8 Å². The lowest BCUT2D eigenvalue weighted by atomic mass is 9.92. The van der Waals surface area contributed by atoms with Gasteiger partial charge in [0.15, 0.2) is 11.5 Å². The van der Waals surface area contributed by atoms with Crippen molar-refractivity contribution in [2.24, 2.45) is 0 Å². The van der Waals surface area contributed by atoms with Gasteiger partial charge in [-0.3, -0.25) is 4.79 Å². The fourth-order valence-electron chi connectivity index (χ4n) is 3.68. The molecule has 0 aliphatic heterocycles. The number of para-hydroxylation sites is 1. The number of amides is 1. The summed E-state index contributed by atoms with van der Waals surface area (Å²) in [5, 5.41) is 12.2. The van der Waals surface area contributed by atoms with Gasteiger partial charge in [-0.2, -0.15) is 0 Å². The van der Waals surface area contributed by atoms with Gasteiger partial charge in [0.1, 0.15) is 0 Å². The molecule has 0 radical (unpaired) electrons. The van der Waals surface area contributed by atoms with Gasteiger partial charge in [-0.1, -0.05) is 30.3 Å². The molecule has 2 aromatic rings. The monoisotopic (exact) mass is 399 g/mol. The van der Waals surface area contributed by atoms with Crippen LogP contribution in [-0.2, 0) is 17.8 Å². The Morgan fingerprint density at radius 1 is 0.966 bits per heavy atom. The minimum Gasteiger partial charge on any atom is -0.493 e. The highest BCUT2D eigenvalue weighted by Crippen LogP contribution is 2.38. The molecule has 1 fully saturated rings. The standard InChI is InChI=1S/C23H29NO5/c1-27-20-4-3-5-21(23(20)28-2)29-19-12-10-18(11-13-19)24-22(26)14-16-6-8-17(15-25)9-7-16/h3-9,18-19,25H,10-15H2,1-2H3,(H,24,26). The molecule has 1 amide bonds. The van der Waals surface area contributed by atoms with Gasteiger partial charge in [-0.25, -0.2) is 0 Å². The molecule has 0 atom stereocenters. The Morgan fingerprint density at radius 3 is 2.24 bits per heavy atom. The predicted octanol–water partition coefficient (Wildman–Crippen LogP) is 3.25. The van der Waals surface area contributed by atoms with Crippen LogP contribution in [0.2, 0.25) is 0 Å². The largest absolute Gasteiger partial charge is 0.493 e. The van der Waals surface area contributed by atoms with E-state index < -0.39 is 0 Å². The first-order chi connectivity index (χ1) is 14.1. The Balaban J connectivity index is 1.47. The van der Waals surface area contributed by atoms with Gasteiger partial charge in [0.25, 0.3) is 0 Å². The number of aliphatic hydroxyl groups excluding tert-OH is 1. The van der Waals surface area contributed by atoms with Crippen molar-refractivity contribution in [3.8, 4) is 17.2 Å². The Hall–Kier alpha value is -2.73. The number of methoxy groups -OCH3 is 2. The van der Waals surface area contributed by atoms with Gasteiger partial charge < -0.3 is 24.6 Å². The average Bonchev–Trinajstić information content (AvgIpc) is 2.75. The van der Waals surface area contributed by atoms with E-state index in [4.69, 9.17) is 19.3 Å². The molecular formula is C23H29NO5. The molecule has 0 aromatic heterocycles. The smallest absolute Gasteiger partial charge is 0.224 e. The summed E-state index contributed by atoms with van der Waals surface area (Å²) in [6, 6.07) is 13.2. The molecule has 3 rings (SSSR count). The lowest BCUT2D eigenvalue weighted by Crippen LogP contribution is -2.40. The summed E-state index contributed by atoms with van der Waals surface area (Å²) in [7, 11) is 3.21. The molecule has 156 valence electrons. The fourth-order valence-corrected chi connectivity index (χ4v) is 3.68. The van der Waals surface area contributed by atoms with Gasteiger partial charge in [0.05, 0.1) is 33.4 Å². The normalized spacial score (nSPS) is 18.7. The fraction of sp³-hybridized carbons (Fsp3) is 0.435. The third kappa shape index (κ3) is 5.64. The first-order valence-corrected chi connectivity index (χ1v) is 9.98. The predicted molar refractivity (Wildman–Crippen MR) is 110 cm³/mol. The number of carbonyl (C=O) groups excluding carboxylic acids is 1. The Bertz CT molecular complexity index is 797. The molecule has 0 heterocycles. The van der Waals surface area contributed by atoms with Crippen molar-refractivity contribution in [3.63, 3.8) is 0 Å². The minimum atomic E-state index is 0.0133. The molecular weight excluding hydrogens is 370 g/mol. The number of carbonyl (C=O) groups is 1. The second kappa shape index (κ2) is 10.2. The zero-order valence-corrected chi connectivity index (χ0v) is 17.0. The highest BCUT2D eigenvalue weighted by Gasteiger charge is 2.25. The van der Waals surface area contributed by atoms with Crippen molar-refractivity contribution in [1.82, 2.24) is 5.32 Å². The number of nitrogens with one attached hydrogen (secondary N) is 1. The molecule has 0 bridgehead atoms. The van der Waals surface area contributed by atoms with Crippen LogP contribution in [0.15, 0.2) is 42.5 Å². The molecule has 2 N–H and O–H groups in total. The second-order valence-corrected chi connectivity index (χ2v) is 7.30. The Labute approximate surface area is 171 Å². The van der Waals surface area contributed by atoms with Crippen LogP contribution in [0.3, 0.4) is 0 Å². The van der Waals surface area contributed by atoms with Crippen molar-refractivity contribution in [1.29, 1.82) is 0 Å². The van der Waals surface area contributed by atoms with Gasteiger partial charge in [0.2, 0.25) is 11.7 Å². The van der Waals surface area contributed by atoms with Crippen LogP contribution in [0.25, 0.3) is 0 Å². The van der Waals surface area contributed by atoms with Gasteiger partial charge in [-0.05, 0) is 48.9 Å². The summed E-state index contributed by atoms with van der Waals surface area (Å²) >= 11 is 0. The zero-order valence-electron chi connectivity index (χ0n) is 17.0. The summed E-state index contributed by atoms with van der Waals surface area (Å²) in [6.45, 7) is 0.0133. The quantitative estimate of drug-likeness (QED) is 0.713. The maximum absolute atomic E-state index is 12.3. The maximum atomic E-state index is 12.3. The molecule has 1 aliphatic rings. The van der Waals surface area contributed by atoms with Gasteiger partial charge >= 0.3 is 0 Å². The average molecular weight is 399 g/mol. The maximum Gasteiger partial charge on any atom is 0.224 e. The Morgan fingerprint density at radius 2 is 1.62 bits per heavy atom. The molecule has 6 nitrogen and oxygen atoms in total. The highest BCUT2D eigenvalue weighted by molar-refractivity contribution is 5.78. The summed E-state index contributed by atoms with van der Waals surface area (Å²) in [5.74, 6) is 1.97. The topological polar surface area (TPSA) is 77.0 Å². The summed E-state index contributed by atoms with van der Waals surface area (Å²) < 4.78 is 16.9. The van der Waals surface area contributed by atoms with Crippen LogP contribution in [0.5, 0.6) is 17.2 Å². The van der Waals surface area contributed by atoms with Gasteiger partial charge in [0, 0.05) is 6.04 Å². The van der Waals surface area contributed by atoms with E-state index >= 15 is 0 Å². The first-order valence-electron chi connectivity index (χ1n) is 9.98. The lowest BCUT2D eigenvalue weighted by Gasteiger charge is -2.30. The van der Waals surface area contributed by atoms with Crippen LogP contribution in [-0.4, -0.2) is 37.4 Å². The molecule has 6 heteroatoms. The summed E-state index contributed by atoms with van der Waals surface area (Å²) in [5.41, 5.74) is 1.79. The molecule has 0 saturated heterocycles. The van der Waals surface area contributed by atoms with Crippen LogP contribution in [0, 0.1) is 0 Å². The Kier molecular flexibility index (Phi) is 7.36. The van der Waals surface area contributed by atoms with E-state index in [0.717, 1.165) is 36.8 Å². The minimum absolute atomic E-state index is 0.0133. The van der Waals surface area contributed by atoms with Crippen molar-refractivity contribution in [2.75, 3.05) is 14.2 Å². The summed E-state index contributed by atoms with van der Waals surface area (Å²) in [4.78, 5) is 12.3. The lowest BCUT2D eigenvalue weighted by molar-refractivity contribution is -0.121. The molecule has 0 spiro atoms. The van der Waals surface area contributed by atoms with Crippen molar-refractivity contribution in [3.05, 3.63) is 53.6 Å². The highest BCUT2D eigenvalue weighted by atomic mass is 16.5. The summed E-state index contributed by atoms with van der Waals surface area (Å²) in [6.07, 6.45) is 3.95. The van der Waals surface area contributed by atoms with Crippen LogP contribution in [0.4, 0.5) is 0 Å². The molecule has 1 saturated carbocycles.